The maximum atomic E-state index is 2.40. The van der Waals surface area contributed by atoms with Crippen LogP contribution in [0.5, 0.6) is 0 Å². The van der Waals surface area contributed by atoms with Gasteiger partial charge in [0.25, 0.3) is 0 Å². The molecule has 1 heteroatoms. The number of para-hydroxylation sites is 1. The number of nitrogens with zero attached hydrogens (tertiary/aromatic N) is 1. The van der Waals surface area contributed by atoms with E-state index < -0.39 is 0 Å². The normalized spacial score (nSPS) is 11.3. The van der Waals surface area contributed by atoms with Crippen molar-refractivity contribution in [3.63, 3.8) is 0 Å². The minimum atomic E-state index is 1.10. The summed E-state index contributed by atoms with van der Waals surface area (Å²) in [5, 5.41) is 7.47. The molecule has 0 aliphatic rings. The second-order valence-electron chi connectivity index (χ2n) is 12.6. The van der Waals surface area contributed by atoms with Crippen LogP contribution in [0.2, 0.25) is 0 Å². The summed E-state index contributed by atoms with van der Waals surface area (Å²) in [6.07, 6.45) is 0. The molecule has 49 heavy (non-hydrogen) atoms. The van der Waals surface area contributed by atoms with Crippen molar-refractivity contribution in [2.24, 2.45) is 0 Å². The molecule has 0 saturated carbocycles. The third-order valence-corrected chi connectivity index (χ3v) is 9.62. The van der Waals surface area contributed by atoms with E-state index in [2.05, 4.69) is 205 Å². The smallest absolute Gasteiger partial charge is 0.0546 e. The Hall–Kier alpha value is -6.44. The summed E-state index contributed by atoms with van der Waals surface area (Å²) in [5.41, 5.74) is 10.5. The Bertz CT molecular complexity index is 2590. The Kier molecular flexibility index (Phi) is 7.22. The summed E-state index contributed by atoms with van der Waals surface area (Å²) < 4.78 is 0. The highest BCUT2D eigenvalue weighted by Gasteiger charge is 2.19. The van der Waals surface area contributed by atoms with Crippen molar-refractivity contribution in [1.29, 1.82) is 0 Å². The lowest BCUT2D eigenvalue weighted by Gasteiger charge is -2.29. The average molecular weight is 624 g/mol. The van der Waals surface area contributed by atoms with Crippen LogP contribution in [0.4, 0.5) is 17.1 Å². The molecule has 0 heterocycles. The molecule has 9 rings (SSSR count). The van der Waals surface area contributed by atoms with Crippen LogP contribution in [0, 0.1) is 0 Å². The Morgan fingerprint density at radius 1 is 0.265 bits per heavy atom. The van der Waals surface area contributed by atoms with Gasteiger partial charge in [-0.3, -0.25) is 0 Å². The van der Waals surface area contributed by atoms with Gasteiger partial charge < -0.3 is 4.90 Å². The summed E-state index contributed by atoms with van der Waals surface area (Å²) in [7, 11) is 0. The molecule has 1 nitrogen and oxygen atoms in total. The quantitative estimate of drug-likeness (QED) is 0.178. The van der Waals surface area contributed by atoms with Gasteiger partial charge >= 0.3 is 0 Å². The third kappa shape index (κ3) is 5.42. The molecule has 9 aromatic rings. The number of benzene rings is 9. The largest absolute Gasteiger partial charge is 0.310 e. The molecule has 0 amide bonds. The molecule has 0 unspecified atom stereocenters. The molecule has 0 bridgehead atoms. The summed E-state index contributed by atoms with van der Waals surface area (Å²) in [5.74, 6) is 0. The molecule has 230 valence electrons. The van der Waals surface area contributed by atoms with Gasteiger partial charge in [0.05, 0.1) is 5.69 Å². The third-order valence-electron chi connectivity index (χ3n) is 9.62. The summed E-state index contributed by atoms with van der Waals surface area (Å²) in [4.78, 5) is 2.40. The van der Waals surface area contributed by atoms with Crippen molar-refractivity contribution in [3.8, 4) is 33.4 Å². The monoisotopic (exact) mass is 623 g/mol. The summed E-state index contributed by atoms with van der Waals surface area (Å²) in [6, 6.07) is 72.6. The van der Waals surface area contributed by atoms with E-state index in [-0.39, 0.29) is 0 Å². The highest BCUT2D eigenvalue weighted by Crippen LogP contribution is 2.44. The van der Waals surface area contributed by atoms with Crippen molar-refractivity contribution in [3.05, 3.63) is 200 Å². The second kappa shape index (κ2) is 12.3. The fraction of sp³-hybridized carbons (Fsp3) is 0. The SMILES string of the molecule is c1ccc(N(c2ccc(-c3cccc4ccccc34)cc2)c2cc(-c3ccc4ccccc4c3)ccc2-c2ccc3ccccc3c2)cc1. The Morgan fingerprint density at radius 2 is 0.776 bits per heavy atom. The first-order valence-electron chi connectivity index (χ1n) is 16.8. The van der Waals surface area contributed by atoms with Crippen LogP contribution in [0.3, 0.4) is 0 Å². The maximum absolute atomic E-state index is 2.40. The molecule has 0 aliphatic carbocycles. The number of anilines is 3. The predicted octanol–water partition coefficient (Wildman–Crippen LogP) is 13.6. The zero-order valence-electron chi connectivity index (χ0n) is 27.0. The fourth-order valence-corrected chi connectivity index (χ4v) is 7.14. The van der Waals surface area contributed by atoms with E-state index in [0.717, 1.165) is 17.1 Å². The van der Waals surface area contributed by atoms with E-state index in [0.29, 0.717) is 0 Å². The number of rotatable bonds is 6. The zero-order valence-corrected chi connectivity index (χ0v) is 27.0. The standard InChI is InChI=1S/C48H33N/c1-2-17-43(18-3-1)49(44-28-25-37(26-29-44)46-20-10-16-36-13-8-9-19-45(36)46)48-33-41(40-23-21-34-11-4-6-14-38(34)31-40)27-30-47(48)42-24-22-35-12-5-7-15-39(35)32-42/h1-33H. The molecular weight excluding hydrogens is 591 g/mol. The average Bonchev–Trinajstić information content (AvgIpc) is 3.18. The van der Waals surface area contributed by atoms with Crippen molar-refractivity contribution < 1.29 is 0 Å². The van der Waals surface area contributed by atoms with Gasteiger partial charge in [-0.2, -0.15) is 0 Å². The van der Waals surface area contributed by atoms with Gasteiger partial charge in [0, 0.05) is 16.9 Å². The molecule has 0 N–H and O–H groups in total. The van der Waals surface area contributed by atoms with Crippen molar-refractivity contribution in [1.82, 2.24) is 0 Å². The lowest BCUT2D eigenvalue weighted by Crippen LogP contribution is -2.11. The van der Waals surface area contributed by atoms with E-state index >= 15 is 0 Å². The first-order valence-corrected chi connectivity index (χ1v) is 16.8. The van der Waals surface area contributed by atoms with Crippen LogP contribution < -0.4 is 4.90 Å². The predicted molar refractivity (Wildman–Crippen MR) is 210 cm³/mol. The van der Waals surface area contributed by atoms with E-state index in [9.17, 15) is 0 Å². The molecule has 9 aromatic carbocycles. The molecule has 0 aliphatic heterocycles. The van der Waals surface area contributed by atoms with Crippen molar-refractivity contribution in [2.75, 3.05) is 4.90 Å². The van der Waals surface area contributed by atoms with Crippen LogP contribution in [-0.4, -0.2) is 0 Å². The van der Waals surface area contributed by atoms with E-state index in [1.165, 1.54) is 65.7 Å². The Labute approximate surface area is 287 Å². The first kappa shape index (κ1) is 28.8. The molecule has 0 saturated heterocycles. The molecule has 0 atom stereocenters. The molecule has 0 spiro atoms. The van der Waals surface area contributed by atoms with Crippen molar-refractivity contribution in [2.45, 2.75) is 0 Å². The second-order valence-corrected chi connectivity index (χ2v) is 12.6. The fourth-order valence-electron chi connectivity index (χ4n) is 7.14. The topological polar surface area (TPSA) is 3.24 Å². The first-order chi connectivity index (χ1) is 24.3. The van der Waals surface area contributed by atoms with Gasteiger partial charge in [0.2, 0.25) is 0 Å². The Balaban J connectivity index is 1.24. The summed E-state index contributed by atoms with van der Waals surface area (Å²) >= 11 is 0. The van der Waals surface area contributed by atoms with Gasteiger partial charge in [-0.15, -0.1) is 0 Å². The zero-order chi connectivity index (χ0) is 32.6. The van der Waals surface area contributed by atoms with Crippen LogP contribution in [0.1, 0.15) is 0 Å². The highest BCUT2D eigenvalue weighted by atomic mass is 15.1. The van der Waals surface area contributed by atoms with E-state index in [1.54, 1.807) is 0 Å². The highest BCUT2D eigenvalue weighted by molar-refractivity contribution is 5.98. The van der Waals surface area contributed by atoms with Gasteiger partial charge in [0.15, 0.2) is 0 Å². The Morgan fingerprint density at radius 3 is 1.51 bits per heavy atom. The minimum absolute atomic E-state index is 1.10. The van der Waals surface area contributed by atoms with Crippen LogP contribution in [-0.2, 0) is 0 Å². The molecule has 0 aromatic heterocycles. The number of hydrogen-bond donors (Lipinski definition) is 0. The van der Waals surface area contributed by atoms with Crippen LogP contribution >= 0.6 is 0 Å². The van der Waals surface area contributed by atoms with Crippen LogP contribution in [0.25, 0.3) is 65.7 Å². The lowest BCUT2D eigenvalue weighted by atomic mass is 9.94. The minimum Gasteiger partial charge on any atom is -0.310 e. The van der Waals surface area contributed by atoms with Gasteiger partial charge in [-0.1, -0.05) is 158 Å². The number of hydrogen-bond acceptors (Lipinski definition) is 1. The molecular formula is C48H33N. The van der Waals surface area contributed by atoms with Crippen molar-refractivity contribution >= 4 is 49.4 Å². The van der Waals surface area contributed by atoms with E-state index in [1.807, 2.05) is 0 Å². The maximum Gasteiger partial charge on any atom is 0.0546 e. The van der Waals surface area contributed by atoms with Gasteiger partial charge in [-0.25, -0.2) is 0 Å². The lowest BCUT2D eigenvalue weighted by molar-refractivity contribution is 1.28. The molecule has 0 radical (unpaired) electrons. The van der Waals surface area contributed by atoms with Crippen LogP contribution in [0.15, 0.2) is 200 Å². The van der Waals surface area contributed by atoms with E-state index in [4.69, 9.17) is 0 Å². The summed E-state index contributed by atoms with van der Waals surface area (Å²) in [6.45, 7) is 0. The molecule has 0 fully saturated rings. The van der Waals surface area contributed by atoms with Gasteiger partial charge in [0.1, 0.15) is 0 Å². The van der Waals surface area contributed by atoms with Gasteiger partial charge in [-0.05, 0) is 103 Å². The number of fused-ring (bicyclic) bond motifs is 3.